The van der Waals surface area contributed by atoms with Gasteiger partial charge in [-0.3, -0.25) is 0 Å². The lowest BCUT2D eigenvalue weighted by atomic mass is 9.86. The number of ether oxygens (including phenoxy) is 2. The van der Waals surface area contributed by atoms with E-state index in [0.717, 1.165) is 12.1 Å². The Hall–Kier alpha value is -3.35. The van der Waals surface area contributed by atoms with E-state index in [-0.39, 0.29) is 4.90 Å². The van der Waals surface area contributed by atoms with Gasteiger partial charge in [-0.25, -0.2) is 17.7 Å². The molecule has 1 aliphatic heterocycles. The quantitative estimate of drug-likeness (QED) is 0.385. The van der Waals surface area contributed by atoms with E-state index in [4.69, 9.17) is 4.74 Å². The second-order valence-electron chi connectivity index (χ2n) is 8.99. The molecular formula is C26H25F4N3O4S. The lowest BCUT2D eigenvalue weighted by Crippen LogP contribution is -2.56. The third-order valence-corrected chi connectivity index (χ3v) is 8.67. The van der Waals surface area contributed by atoms with Gasteiger partial charge in [0.1, 0.15) is 21.5 Å². The first-order valence-electron chi connectivity index (χ1n) is 11.9. The van der Waals surface area contributed by atoms with Gasteiger partial charge in [0.2, 0.25) is 0 Å². The molecule has 7 nitrogen and oxygen atoms in total. The molecule has 4 unspecified atom stereocenters. The van der Waals surface area contributed by atoms with Gasteiger partial charge < -0.3 is 19.5 Å². The molecule has 0 bridgehead atoms. The van der Waals surface area contributed by atoms with Crippen molar-refractivity contribution in [1.82, 2.24) is 4.72 Å². The number of alkyl halides is 3. The minimum absolute atomic E-state index is 0.154. The van der Waals surface area contributed by atoms with Crippen molar-refractivity contribution in [2.75, 3.05) is 11.9 Å². The molecule has 1 fully saturated rings. The Morgan fingerprint density at radius 1 is 1.05 bits per heavy atom. The van der Waals surface area contributed by atoms with E-state index >= 15 is 0 Å². The van der Waals surface area contributed by atoms with Crippen molar-refractivity contribution in [3.8, 4) is 17.2 Å². The number of fused-ring (bicyclic) bond motifs is 2. The molecule has 0 saturated heterocycles. The van der Waals surface area contributed by atoms with Crippen LogP contribution in [0.25, 0.3) is 0 Å². The summed E-state index contributed by atoms with van der Waals surface area (Å²) in [5.41, 5.74) is 1.30. The van der Waals surface area contributed by atoms with Gasteiger partial charge in [-0.1, -0.05) is 12.1 Å². The zero-order chi connectivity index (χ0) is 27.1. The molecule has 0 radical (unpaired) electrons. The molecule has 202 valence electrons. The summed E-state index contributed by atoms with van der Waals surface area (Å²) in [6.45, 7) is 0. The Bertz CT molecular complexity index is 1440. The Kier molecular flexibility index (Phi) is 6.97. The number of hydrogen-bond donors (Lipinski definition) is 2. The fourth-order valence-corrected chi connectivity index (χ4v) is 6.57. The van der Waals surface area contributed by atoms with Crippen LogP contribution in [0.2, 0.25) is 0 Å². The van der Waals surface area contributed by atoms with E-state index in [2.05, 4.69) is 13.8 Å². The number of aliphatic hydroxyl groups excluding tert-OH is 1. The summed E-state index contributed by atoms with van der Waals surface area (Å²) < 4.78 is 82.1. The smallest absolute Gasteiger partial charge is 0.453 e. The van der Waals surface area contributed by atoms with Crippen LogP contribution >= 0.6 is 0 Å². The van der Waals surface area contributed by atoms with Gasteiger partial charge in [-0.05, 0) is 67.8 Å². The van der Waals surface area contributed by atoms with E-state index in [1.54, 1.807) is 18.2 Å². The number of hydrogen-bond acceptors (Lipinski definition) is 6. The fraction of sp³-hybridized carbons (Fsp3) is 0.308. The highest BCUT2D eigenvalue weighted by Crippen LogP contribution is 2.49. The van der Waals surface area contributed by atoms with Crippen molar-refractivity contribution in [1.29, 1.82) is 0 Å². The largest absolute Gasteiger partial charge is 0.573 e. The molecule has 38 heavy (non-hydrogen) atoms. The monoisotopic (exact) mass is 551 g/mol. The molecule has 2 N–H and O–H groups in total. The highest BCUT2D eigenvalue weighted by Gasteiger charge is 2.41. The first kappa shape index (κ1) is 26.3. The maximum Gasteiger partial charge on any atom is 0.573 e. The van der Waals surface area contributed by atoms with Crippen LogP contribution in [0.1, 0.15) is 19.3 Å². The highest BCUT2D eigenvalue weighted by molar-refractivity contribution is 7.91. The molecule has 4 atom stereocenters. The van der Waals surface area contributed by atoms with Gasteiger partial charge in [0, 0.05) is 19.2 Å². The van der Waals surface area contributed by atoms with Crippen molar-refractivity contribution in [3.63, 3.8) is 0 Å². The molecule has 0 amide bonds. The van der Waals surface area contributed by atoms with Gasteiger partial charge >= 0.3 is 6.36 Å². The van der Waals surface area contributed by atoms with Crippen molar-refractivity contribution in [2.24, 2.45) is 4.36 Å². The van der Waals surface area contributed by atoms with Crippen molar-refractivity contribution >= 4 is 21.3 Å². The zero-order valence-corrected chi connectivity index (χ0v) is 21.0. The summed E-state index contributed by atoms with van der Waals surface area (Å²) >= 11 is 0. The van der Waals surface area contributed by atoms with E-state index < -0.39 is 46.0 Å². The lowest BCUT2D eigenvalue weighted by Gasteiger charge is -2.45. The van der Waals surface area contributed by atoms with Gasteiger partial charge in [-0.15, -0.1) is 13.2 Å². The molecule has 12 heteroatoms. The van der Waals surface area contributed by atoms with E-state index in [1.807, 2.05) is 17.0 Å². The average Bonchev–Trinajstić information content (AvgIpc) is 2.88. The highest BCUT2D eigenvalue weighted by atomic mass is 32.2. The van der Waals surface area contributed by atoms with Crippen LogP contribution in [0.5, 0.6) is 17.2 Å². The SMILES string of the molecule is CN=S(=O)(NC1CCCC(N2c3ccccc3Oc3cc(F)ccc32)C1O)c1ccc(OC(F)(F)F)cc1. The molecule has 1 heterocycles. The molecule has 1 aliphatic carbocycles. The second kappa shape index (κ2) is 10.1. The first-order valence-corrected chi connectivity index (χ1v) is 13.4. The van der Waals surface area contributed by atoms with Gasteiger partial charge in [0.05, 0.1) is 28.4 Å². The molecule has 1 saturated carbocycles. The first-order chi connectivity index (χ1) is 18.1. The summed E-state index contributed by atoms with van der Waals surface area (Å²) in [5.74, 6) is -0.0679. The number of aliphatic hydroxyl groups is 1. The number of halogens is 4. The van der Waals surface area contributed by atoms with Crippen molar-refractivity contribution in [3.05, 3.63) is 72.5 Å². The maximum absolute atomic E-state index is 14.0. The molecule has 3 aromatic rings. The minimum atomic E-state index is -4.85. The van der Waals surface area contributed by atoms with E-state index in [0.29, 0.717) is 42.1 Å². The topological polar surface area (TPSA) is 83.4 Å². The van der Waals surface area contributed by atoms with Crippen LogP contribution in [0.15, 0.2) is 76.0 Å². The summed E-state index contributed by atoms with van der Waals surface area (Å²) in [5, 5.41) is 11.5. The molecule has 0 spiro atoms. The maximum atomic E-state index is 14.0. The standard InChI is InChI=1S/C26H25F4N3O4S/c1-31-38(35,18-12-10-17(11-13-18)37-26(28,29)30)32-19-5-4-7-22(25(19)34)33-20-6-2-3-8-23(20)36-24-15-16(27)9-14-21(24)33/h2-3,6,8-15,19,22,25,34H,4-5,7H2,1H3,(H,31,32,35). The lowest BCUT2D eigenvalue weighted by molar-refractivity contribution is -0.274. The van der Waals surface area contributed by atoms with Gasteiger partial charge in [-0.2, -0.15) is 0 Å². The zero-order valence-electron chi connectivity index (χ0n) is 20.2. The van der Waals surface area contributed by atoms with E-state index in [9.17, 15) is 26.9 Å². The number of para-hydroxylation sites is 2. The van der Waals surface area contributed by atoms with Crippen LogP contribution < -0.4 is 19.1 Å². The average molecular weight is 552 g/mol. The van der Waals surface area contributed by atoms with Crippen molar-refractivity contribution < 1.29 is 36.4 Å². The number of rotatable bonds is 5. The third-order valence-electron chi connectivity index (χ3n) is 6.62. The molecular weight excluding hydrogens is 526 g/mol. The fourth-order valence-electron chi connectivity index (χ4n) is 4.94. The number of nitrogens with one attached hydrogen (secondary N) is 1. The molecule has 0 aromatic heterocycles. The number of benzene rings is 3. The summed E-state index contributed by atoms with van der Waals surface area (Å²) in [7, 11) is -1.96. The van der Waals surface area contributed by atoms with Gasteiger partial charge in [0.25, 0.3) is 0 Å². The normalized spacial score (nSPS) is 22.5. The van der Waals surface area contributed by atoms with Crippen LogP contribution in [0, 0.1) is 5.82 Å². The van der Waals surface area contributed by atoms with Crippen molar-refractivity contribution in [2.45, 2.75) is 48.7 Å². The molecule has 2 aliphatic rings. The molecule has 5 rings (SSSR count). The summed E-state index contributed by atoms with van der Waals surface area (Å²) in [6, 6.07) is 14.9. The Morgan fingerprint density at radius 3 is 2.47 bits per heavy atom. The Balaban J connectivity index is 1.43. The number of anilines is 2. The predicted molar refractivity (Wildman–Crippen MR) is 134 cm³/mol. The Labute approximate surface area is 217 Å². The third kappa shape index (κ3) is 5.16. The summed E-state index contributed by atoms with van der Waals surface area (Å²) in [6.07, 6.45) is -4.11. The molecule has 3 aromatic carbocycles. The van der Waals surface area contributed by atoms with E-state index in [1.165, 1.54) is 31.3 Å². The summed E-state index contributed by atoms with van der Waals surface area (Å²) in [4.78, 5) is 2.07. The second-order valence-corrected chi connectivity index (χ2v) is 11.1. The van der Waals surface area contributed by atoms with Crippen LogP contribution in [-0.2, 0) is 9.92 Å². The number of nitrogens with zero attached hydrogens (tertiary/aromatic N) is 2. The van der Waals surface area contributed by atoms with Crippen LogP contribution in [-0.4, -0.2) is 40.9 Å². The Morgan fingerprint density at radius 2 is 1.76 bits per heavy atom. The van der Waals surface area contributed by atoms with Crippen LogP contribution in [0.3, 0.4) is 0 Å². The van der Waals surface area contributed by atoms with Gasteiger partial charge in [0.15, 0.2) is 11.5 Å². The minimum Gasteiger partial charge on any atom is -0.453 e. The predicted octanol–water partition coefficient (Wildman–Crippen LogP) is 5.91. The van der Waals surface area contributed by atoms with Crippen LogP contribution in [0.4, 0.5) is 28.9 Å².